The summed E-state index contributed by atoms with van der Waals surface area (Å²) in [5.74, 6) is 1.86. The van der Waals surface area contributed by atoms with Gasteiger partial charge < -0.3 is 19.7 Å². The molecule has 3 unspecified atom stereocenters. The van der Waals surface area contributed by atoms with Crippen LogP contribution in [-0.2, 0) is 9.47 Å². The third-order valence-electron chi connectivity index (χ3n) is 4.85. The number of unbranched alkanes of at least 4 members (excludes halogenated alkanes) is 4. The van der Waals surface area contributed by atoms with Crippen LogP contribution in [0.3, 0.4) is 0 Å². The number of aliphatic hydroxyl groups is 2. The number of ether oxygens (including phenoxy) is 2. The Kier molecular flexibility index (Phi) is 8.45. The van der Waals surface area contributed by atoms with Gasteiger partial charge in [0.25, 0.3) is 0 Å². The van der Waals surface area contributed by atoms with Gasteiger partial charge >= 0.3 is 0 Å². The first-order valence-corrected chi connectivity index (χ1v) is 8.98. The fraction of sp³-hybridized carbons (Fsp3) is 0.889. The molecule has 0 amide bonds. The van der Waals surface area contributed by atoms with Crippen LogP contribution in [-0.4, -0.2) is 42.9 Å². The van der Waals surface area contributed by atoms with Gasteiger partial charge in [-0.25, -0.2) is 0 Å². The fourth-order valence-corrected chi connectivity index (χ4v) is 3.61. The summed E-state index contributed by atoms with van der Waals surface area (Å²) in [6.45, 7) is 1.97. The Labute approximate surface area is 134 Å². The second-order valence-electron chi connectivity index (χ2n) is 6.62. The minimum Gasteiger partial charge on any atom is -0.396 e. The van der Waals surface area contributed by atoms with E-state index in [1.807, 2.05) is 0 Å². The molecule has 2 bridgehead atoms. The Morgan fingerprint density at radius 2 is 1.45 bits per heavy atom. The third kappa shape index (κ3) is 5.65. The number of rotatable bonds is 13. The van der Waals surface area contributed by atoms with Crippen molar-refractivity contribution in [1.29, 1.82) is 0 Å². The van der Waals surface area contributed by atoms with E-state index in [-0.39, 0.29) is 19.5 Å². The normalized spacial score (nSPS) is 26.4. The molecule has 0 aliphatic heterocycles. The highest BCUT2D eigenvalue weighted by Crippen LogP contribution is 2.45. The molecule has 0 radical (unpaired) electrons. The molecule has 2 N–H and O–H groups in total. The molecule has 2 aliphatic rings. The maximum Gasteiger partial charge on any atom is 0.160 e. The number of hydrogen-bond donors (Lipinski definition) is 2. The summed E-state index contributed by atoms with van der Waals surface area (Å²) in [5.41, 5.74) is 0. The number of allylic oxidation sites excluding steroid dienone is 2. The van der Waals surface area contributed by atoms with Crippen molar-refractivity contribution in [2.45, 2.75) is 57.7 Å². The minimum atomic E-state index is -0.0804. The molecule has 0 aromatic heterocycles. The van der Waals surface area contributed by atoms with Crippen molar-refractivity contribution in [2.75, 3.05) is 26.4 Å². The van der Waals surface area contributed by atoms with E-state index in [1.165, 1.54) is 12.8 Å². The second-order valence-corrected chi connectivity index (χ2v) is 6.62. The van der Waals surface area contributed by atoms with Gasteiger partial charge in [0.15, 0.2) is 6.29 Å². The molecule has 1 fully saturated rings. The van der Waals surface area contributed by atoms with Crippen molar-refractivity contribution in [2.24, 2.45) is 17.8 Å². The lowest BCUT2D eigenvalue weighted by Gasteiger charge is -2.28. The molecule has 3 atom stereocenters. The van der Waals surface area contributed by atoms with Crippen LogP contribution in [0.5, 0.6) is 0 Å². The van der Waals surface area contributed by atoms with Crippen LogP contribution in [0, 0.1) is 17.8 Å². The van der Waals surface area contributed by atoms with Crippen molar-refractivity contribution in [3.05, 3.63) is 12.2 Å². The Bertz CT molecular complexity index is 304. The number of fused-ring (bicyclic) bond motifs is 2. The Morgan fingerprint density at radius 3 is 1.91 bits per heavy atom. The Morgan fingerprint density at radius 1 is 0.818 bits per heavy atom. The topological polar surface area (TPSA) is 58.9 Å². The van der Waals surface area contributed by atoms with Crippen molar-refractivity contribution in [3.8, 4) is 0 Å². The molecule has 22 heavy (non-hydrogen) atoms. The molecule has 128 valence electrons. The van der Waals surface area contributed by atoms with Gasteiger partial charge in [0.1, 0.15) is 0 Å². The predicted molar refractivity (Wildman–Crippen MR) is 86.4 cm³/mol. The lowest BCUT2D eigenvalue weighted by atomic mass is 9.93. The molecule has 2 aliphatic carbocycles. The maximum atomic E-state index is 8.81. The standard InChI is InChI=1S/C18H32O4/c19-9-3-1-5-11-21-18(22-12-6-2-4-10-20)17-14-15-7-8-16(17)13-15/h7-8,15-20H,1-6,9-14H2. The number of aliphatic hydroxyl groups excluding tert-OH is 2. The van der Waals surface area contributed by atoms with E-state index in [1.54, 1.807) is 0 Å². The van der Waals surface area contributed by atoms with Gasteiger partial charge in [-0.1, -0.05) is 12.2 Å². The predicted octanol–water partition coefficient (Wildman–Crippen LogP) is 2.88. The average Bonchev–Trinajstić information content (AvgIpc) is 3.15. The van der Waals surface area contributed by atoms with E-state index in [9.17, 15) is 0 Å². The van der Waals surface area contributed by atoms with Crippen molar-refractivity contribution in [1.82, 2.24) is 0 Å². The van der Waals surface area contributed by atoms with Crippen LogP contribution in [0.2, 0.25) is 0 Å². The maximum absolute atomic E-state index is 8.81. The molecule has 0 saturated heterocycles. The molecule has 0 aromatic rings. The van der Waals surface area contributed by atoms with E-state index in [4.69, 9.17) is 19.7 Å². The molecule has 4 heteroatoms. The molecular weight excluding hydrogens is 280 g/mol. The van der Waals surface area contributed by atoms with Crippen molar-refractivity contribution >= 4 is 0 Å². The molecule has 0 heterocycles. The Balaban J connectivity index is 1.70. The summed E-state index contributed by atoms with van der Waals surface area (Å²) in [6, 6.07) is 0. The van der Waals surface area contributed by atoms with Gasteiger partial charge in [-0.05, 0) is 63.2 Å². The Hall–Kier alpha value is -0.420. The highest BCUT2D eigenvalue weighted by Gasteiger charge is 2.41. The molecule has 4 nitrogen and oxygen atoms in total. The van der Waals surface area contributed by atoms with E-state index in [0.717, 1.165) is 57.7 Å². The highest BCUT2D eigenvalue weighted by molar-refractivity contribution is 5.10. The third-order valence-corrected chi connectivity index (χ3v) is 4.85. The quantitative estimate of drug-likeness (QED) is 0.312. The monoisotopic (exact) mass is 312 g/mol. The van der Waals surface area contributed by atoms with E-state index >= 15 is 0 Å². The highest BCUT2D eigenvalue weighted by atomic mass is 16.7. The van der Waals surface area contributed by atoms with Crippen LogP contribution in [0.1, 0.15) is 51.4 Å². The first-order valence-electron chi connectivity index (χ1n) is 8.98. The van der Waals surface area contributed by atoms with Gasteiger partial charge in [0.05, 0.1) is 0 Å². The number of hydrogen-bond acceptors (Lipinski definition) is 4. The lowest BCUT2D eigenvalue weighted by Crippen LogP contribution is -2.31. The zero-order chi connectivity index (χ0) is 15.6. The van der Waals surface area contributed by atoms with Gasteiger partial charge in [-0.2, -0.15) is 0 Å². The van der Waals surface area contributed by atoms with Crippen LogP contribution < -0.4 is 0 Å². The summed E-state index contributed by atoms with van der Waals surface area (Å²) in [7, 11) is 0. The smallest absolute Gasteiger partial charge is 0.160 e. The summed E-state index contributed by atoms with van der Waals surface area (Å²) < 4.78 is 12.1. The van der Waals surface area contributed by atoms with Crippen LogP contribution in [0.15, 0.2) is 12.2 Å². The summed E-state index contributed by atoms with van der Waals surface area (Å²) in [5, 5.41) is 17.6. The summed E-state index contributed by atoms with van der Waals surface area (Å²) in [4.78, 5) is 0. The van der Waals surface area contributed by atoms with Crippen molar-refractivity contribution < 1.29 is 19.7 Å². The first-order chi connectivity index (χ1) is 10.8. The largest absolute Gasteiger partial charge is 0.396 e. The lowest BCUT2D eigenvalue weighted by molar-refractivity contribution is -0.178. The van der Waals surface area contributed by atoms with E-state index in [0.29, 0.717) is 11.8 Å². The van der Waals surface area contributed by atoms with Gasteiger partial charge in [-0.15, -0.1) is 0 Å². The summed E-state index contributed by atoms with van der Waals surface area (Å²) in [6.07, 6.45) is 12.8. The van der Waals surface area contributed by atoms with Crippen LogP contribution >= 0.6 is 0 Å². The van der Waals surface area contributed by atoms with Crippen molar-refractivity contribution in [3.63, 3.8) is 0 Å². The average molecular weight is 312 g/mol. The fourth-order valence-electron chi connectivity index (χ4n) is 3.61. The van der Waals surface area contributed by atoms with Crippen LogP contribution in [0.4, 0.5) is 0 Å². The SMILES string of the molecule is OCCCCCOC(OCCCCCO)C1CC2C=CC1C2. The summed E-state index contributed by atoms with van der Waals surface area (Å²) >= 11 is 0. The van der Waals surface area contributed by atoms with Gasteiger partial charge in [-0.3, -0.25) is 0 Å². The molecule has 0 spiro atoms. The van der Waals surface area contributed by atoms with Gasteiger partial charge in [0.2, 0.25) is 0 Å². The molecular formula is C18H32O4. The van der Waals surface area contributed by atoms with Crippen LogP contribution in [0.25, 0.3) is 0 Å². The van der Waals surface area contributed by atoms with E-state index < -0.39 is 0 Å². The minimum absolute atomic E-state index is 0.0804. The second kappa shape index (κ2) is 10.4. The van der Waals surface area contributed by atoms with Gasteiger partial charge in [0, 0.05) is 32.3 Å². The van der Waals surface area contributed by atoms with E-state index in [2.05, 4.69) is 12.2 Å². The first kappa shape index (κ1) is 17.9. The molecule has 0 aromatic carbocycles. The molecule has 2 rings (SSSR count). The molecule has 1 saturated carbocycles. The zero-order valence-electron chi connectivity index (χ0n) is 13.7. The zero-order valence-corrected chi connectivity index (χ0v) is 13.7.